The van der Waals surface area contributed by atoms with Gasteiger partial charge in [0.25, 0.3) is 0 Å². The maximum absolute atomic E-state index is 12.9. The van der Waals surface area contributed by atoms with E-state index < -0.39 is 0 Å². The summed E-state index contributed by atoms with van der Waals surface area (Å²) in [6, 6.07) is 1.61. The maximum Gasteiger partial charge on any atom is 0.159 e. The van der Waals surface area contributed by atoms with E-state index in [9.17, 15) is 4.39 Å². The molecule has 0 aromatic carbocycles. The highest BCUT2D eigenvalue weighted by Crippen LogP contribution is 2.11. The van der Waals surface area contributed by atoms with Crippen LogP contribution in [-0.2, 0) is 6.54 Å². The van der Waals surface area contributed by atoms with Gasteiger partial charge < -0.3 is 5.73 Å². The molecule has 2 N–H and O–H groups in total. The molecule has 4 heteroatoms. The van der Waals surface area contributed by atoms with Crippen molar-refractivity contribution >= 4 is 22.6 Å². The molecule has 0 amide bonds. The largest absolute Gasteiger partial charge is 0.325 e. The van der Waals surface area contributed by atoms with Crippen molar-refractivity contribution in [2.24, 2.45) is 5.73 Å². The summed E-state index contributed by atoms with van der Waals surface area (Å²) in [5.41, 5.74) is 5.54. The third-order valence-corrected chi connectivity index (χ3v) is 1.94. The van der Waals surface area contributed by atoms with Crippen LogP contribution in [0.15, 0.2) is 12.3 Å². The van der Waals surface area contributed by atoms with E-state index in [1.807, 2.05) is 22.6 Å². The van der Waals surface area contributed by atoms with Gasteiger partial charge in [0.2, 0.25) is 0 Å². The maximum atomic E-state index is 12.9. The van der Waals surface area contributed by atoms with Crippen LogP contribution in [0.1, 0.15) is 5.69 Å². The fraction of sp³-hybridized carbons (Fsp3) is 0.167. The predicted molar refractivity (Wildman–Crippen MR) is 44.8 cm³/mol. The van der Waals surface area contributed by atoms with Gasteiger partial charge in [-0.05, 0) is 28.7 Å². The molecule has 0 bridgehead atoms. The Bertz CT molecular complexity index is 239. The number of pyridine rings is 1. The van der Waals surface area contributed by atoms with Crippen LogP contribution in [0.2, 0.25) is 0 Å². The molecule has 2 nitrogen and oxygen atoms in total. The Morgan fingerprint density at radius 2 is 2.40 bits per heavy atom. The van der Waals surface area contributed by atoms with Crippen LogP contribution in [0.5, 0.6) is 0 Å². The first-order valence-corrected chi connectivity index (χ1v) is 3.82. The SMILES string of the molecule is NCc1nccc(I)c1F. The third kappa shape index (κ3) is 1.43. The van der Waals surface area contributed by atoms with Crippen molar-refractivity contribution in [3.8, 4) is 0 Å². The first-order chi connectivity index (χ1) is 4.75. The number of aromatic nitrogens is 1. The third-order valence-electron chi connectivity index (χ3n) is 1.11. The molecule has 10 heavy (non-hydrogen) atoms. The summed E-state index contributed by atoms with van der Waals surface area (Å²) in [6.45, 7) is 0.155. The minimum absolute atomic E-state index is 0.155. The highest BCUT2D eigenvalue weighted by molar-refractivity contribution is 14.1. The van der Waals surface area contributed by atoms with E-state index in [4.69, 9.17) is 5.73 Å². The lowest BCUT2D eigenvalue weighted by Gasteiger charge is -1.98. The Labute approximate surface area is 71.8 Å². The van der Waals surface area contributed by atoms with Gasteiger partial charge in [0.1, 0.15) is 0 Å². The summed E-state index contributed by atoms with van der Waals surface area (Å²) in [7, 11) is 0. The van der Waals surface area contributed by atoms with Crippen LogP contribution in [0.25, 0.3) is 0 Å². The first-order valence-electron chi connectivity index (χ1n) is 2.74. The molecule has 1 rings (SSSR count). The molecule has 0 unspecified atom stereocenters. The molecule has 0 aliphatic rings. The Morgan fingerprint density at radius 3 is 2.90 bits per heavy atom. The second kappa shape index (κ2) is 3.25. The van der Waals surface area contributed by atoms with Crippen molar-refractivity contribution in [1.82, 2.24) is 4.98 Å². The number of rotatable bonds is 1. The smallest absolute Gasteiger partial charge is 0.159 e. The van der Waals surface area contributed by atoms with Crippen molar-refractivity contribution in [2.75, 3.05) is 0 Å². The molecule has 0 aliphatic carbocycles. The highest BCUT2D eigenvalue weighted by atomic mass is 127. The molecule has 1 aromatic rings. The van der Waals surface area contributed by atoms with Crippen molar-refractivity contribution in [2.45, 2.75) is 6.54 Å². The minimum atomic E-state index is -0.300. The average molecular weight is 252 g/mol. The molecule has 1 aromatic heterocycles. The van der Waals surface area contributed by atoms with Crippen LogP contribution in [-0.4, -0.2) is 4.98 Å². The van der Waals surface area contributed by atoms with E-state index in [0.29, 0.717) is 9.26 Å². The van der Waals surface area contributed by atoms with Crippen LogP contribution < -0.4 is 5.73 Å². The molecule has 0 fully saturated rings. The standard InChI is InChI=1S/C6H6FIN2/c7-6-4(8)1-2-10-5(6)3-9/h1-2H,3,9H2. The van der Waals surface area contributed by atoms with Gasteiger partial charge in [0, 0.05) is 12.7 Å². The topological polar surface area (TPSA) is 38.9 Å². The molecule has 0 spiro atoms. The zero-order chi connectivity index (χ0) is 7.56. The molecule has 0 radical (unpaired) electrons. The number of nitrogens with zero attached hydrogens (tertiary/aromatic N) is 1. The second-order valence-electron chi connectivity index (χ2n) is 1.76. The van der Waals surface area contributed by atoms with E-state index in [1.165, 1.54) is 0 Å². The summed E-state index contributed by atoms with van der Waals surface area (Å²) in [5.74, 6) is -0.300. The molecular formula is C6H6FIN2. The minimum Gasteiger partial charge on any atom is -0.325 e. The molecule has 0 atom stereocenters. The monoisotopic (exact) mass is 252 g/mol. The number of halogens is 2. The van der Waals surface area contributed by atoms with Crippen molar-refractivity contribution in [3.05, 3.63) is 27.3 Å². The Kier molecular flexibility index (Phi) is 2.56. The molecule has 0 saturated carbocycles. The summed E-state index contributed by atoms with van der Waals surface area (Å²) >= 11 is 1.90. The van der Waals surface area contributed by atoms with E-state index in [1.54, 1.807) is 12.3 Å². The van der Waals surface area contributed by atoms with Crippen LogP contribution >= 0.6 is 22.6 Å². The highest BCUT2D eigenvalue weighted by Gasteiger charge is 2.03. The lowest BCUT2D eigenvalue weighted by Crippen LogP contribution is -2.03. The summed E-state index contributed by atoms with van der Waals surface area (Å²) < 4.78 is 13.4. The summed E-state index contributed by atoms with van der Waals surface area (Å²) in [6.07, 6.45) is 1.55. The van der Waals surface area contributed by atoms with Gasteiger partial charge in [0.15, 0.2) is 5.82 Å². The Morgan fingerprint density at radius 1 is 1.70 bits per heavy atom. The summed E-state index contributed by atoms with van der Waals surface area (Å²) in [4.78, 5) is 3.75. The van der Waals surface area contributed by atoms with Gasteiger partial charge in [-0.2, -0.15) is 0 Å². The summed E-state index contributed by atoms with van der Waals surface area (Å²) in [5, 5.41) is 0. The van der Waals surface area contributed by atoms with Gasteiger partial charge in [0.05, 0.1) is 9.26 Å². The zero-order valence-electron chi connectivity index (χ0n) is 5.14. The van der Waals surface area contributed by atoms with Gasteiger partial charge in [-0.1, -0.05) is 0 Å². The molecular weight excluding hydrogens is 246 g/mol. The van der Waals surface area contributed by atoms with E-state index >= 15 is 0 Å². The van der Waals surface area contributed by atoms with E-state index in [-0.39, 0.29) is 12.4 Å². The quantitative estimate of drug-likeness (QED) is 0.765. The van der Waals surface area contributed by atoms with Crippen molar-refractivity contribution in [3.63, 3.8) is 0 Å². The van der Waals surface area contributed by atoms with Crippen molar-refractivity contribution in [1.29, 1.82) is 0 Å². The first kappa shape index (κ1) is 7.87. The number of nitrogens with two attached hydrogens (primary N) is 1. The zero-order valence-corrected chi connectivity index (χ0v) is 7.30. The lowest BCUT2D eigenvalue weighted by molar-refractivity contribution is 0.592. The Hall–Kier alpha value is -0.230. The Balaban J connectivity index is 3.14. The average Bonchev–Trinajstić information content (AvgIpc) is 1.95. The van der Waals surface area contributed by atoms with Crippen molar-refractivity contribution < 1.29 is 4.39 Å². The lowest BCUT2D eigenvalue weighted by atomic mass is 10.3. The van der Waals surface area contributed by atoms with E-state index in [0.717, 1.165) is 0 Å². The molecule has 54 valence electrons. The van der Waals surface area contributed by atoms with Gasteiger partial charge in [-0.3, -0.25) is 4.98 Å². The van der Waals surface area contributed by atoms with Gasteiger partial charge >= 0.3 is 0 Å². The normalized spacial score (nSPS) is 9.90. The molecule has 1 heterocycles. The fourth-order valence-corrected chi connectivity index (χ4v) is 1.07. The van der Waals surface area contributed by atoms with Crippen LogP contribution in [0.4, 0.5) is 4.39 Å². The fourth-order valence-electron chi connectivity index (χ4n) is 0.603. The number of hydrogen-bond donors (Lipinski definition) is 1. The van der Waals surface area contributed by atoms with Gasteiger partial charge in [-0.25, -0.2) is 4.39 Å². The van der Waals surface area contributed by atoms with Crippen LogP contribution in [0, 0.1) is 9.39 Å². The second-order valence-corrected chi connectivity index (χ2v) is 2.92. The molecule has 0 aliphatic heterocycles. The molecule has 0 saturated heterocycles. The van der Waals surface area contributed by atoms with E-state index in [2.05, 4.69) is 4.98 Å². The van der Waals surface area contributed by atoms with Gasteiger partial charge in [-0.15, -0.1) is 0 Å². The van der Waals surface area contributed by atoms with Crippen LogP contribution in [0.3, 0.4) is 0 Å². The predicted octanol–water partition coefficient (Wildman–Crippen LogP) is 1.28. The number of hydrogen-bond acceptors (Lipinski definition) is 2.